The van der Waals surface area contributed by atoms with Crippen LogP contribution in [0.5, 0.6) is 0 Å². The van der Waals surface area contributed by atoms with Gasteiger partial charge in [-0.25, -0.2) is 0 Å². The topological polar surface area (TPSA) is 43.1 Å². The molecule has 1 aliphatic rings. The Hall–Kier alpha value is -2.16. The Kier molecular flexibility index (Phi) is 3.42. The summed E-state index contributed by atoms with van der Waals surface area (Å²) in [6.07, 6.45) is 9.40. The maximum absolute atomic E-state index is 10.7. The fraction of sp³-hybridized carbons (Fsp3) is 0.133. The molecule has 91 valence electrons. The van der Waals surface area contributed by atoms with Crippen LogP contribution < -0.4 is 0 Å². The minimum Gasteiger partial charge on any atom is -0.258 e. The molecule has 3 nitrogen and oxygen atoms in total. The van der Waals surface area contributed by atoms with Crippen molar-refractivity contribution in [2.75, 3.05) is 0 Å². The van der Waals surface area contributed by atoms with E-state index in [9.17, 15) is 10.1 Å². The molecule has 1 unspecified atom stereocenters. The van der Waals surface area contributed by atoms with E-state index in [-0.39, 0.29) is 16.0 Å². The average Bonchev–Trinajstić information content (AvgIpc) is 2.40. The van der Waals surface area contributed by atoms with E-state index in [4.69, 9.17) is 0 Å². The number of hydrogen-bond acceptors (Lipinski definition) is 2. The average molecular weight is 240 g/mol. The fourth-order valence-electron chi connectivity index (χ4n) is 2.17. The van der Waals surface area contributed by atoms with E-state index < -0.39 is 0 Å². The van der Waals surface area contributed by atoms with E-state index in [0.29, 0.717) is 6.42 Å². The Labute approximate surface area is 106 Å². The highest BCUT2D eigenvalue weighted by atomic mass is 16.6. The van der Waals surface area contributed by atoms with Crippen molar-refractivity contribution in [1.29, 1.82) is 0 Å². The molecular weight excluding hydrogens is 226 g/mol. The van der Waals surface area contributed by atoms with Gasteiger partial charge < -0.3 is 0 Å². The maximum atomic E-state index is 10.7. The standard InChI is InChI=1S/C15H14NO2/c1-2-10-15(13-6-4-3-5-7-13)11-8-14(9-12-15)16(17)18/h2-11H,1,12H2/b10-2+. The van der Waals surface area contributed by atoms with Crippen LogP contribution in [-0.4, -0.2) is 4.92 Å². The Morgan fingerprint density at radius 3 is 2.56 bits per heavy atom. The van der Waals surface area contributed by atoms with E-state index in [1.165, 1.54) is 0 Å². The number of rotatable bonds is 3. The van der Waals surface area contributed by atoms with Gasteiger partial charge in [-0.05, 0) is 25.0 Å². The van der Waals surface area contributed by atoms with Gasteiger partial charge in [-0.3, -0.25) is 10.1 Å². The lowest BCUT2D eigenvalue weighted by atomic mass is 9.75. The van der Waals surface area contributed by atoms with Crippen molar-refractivity contribution in [1.82, 2.24) is 0 Å². The van der Waals surface area contributed by atoms with Gasteiger partial charge >= 0.3 is 0 Å². The molecule has 0 saturated heterocycles. The monoisotopic (exact) mass is 240 g/mol. The van der Waals surface area contributed by atoms with Gasteiger partial charge in [-0.1, -0.05) is 48.6 Å². The van der Waals surface area contributed by atoms with Gasteiger partial charge in [-0.15, -0.1) is 0 Å². The summed E-state index contributed by atoms with van der Waals surface area (Å²) in [6, 6.07) is 9.93. The van der Waals surface area contributed by atoms with Crippen molar-refractivity contribution < 1.29 is 4.92 Å². The number of hydrogen-bond donors (Lipinski definition) is 0. The minimum absolute atomic E-state index is 0.152. The third-order valence-corrected chi connectivity index (χ3v) is 3.14. The maximum Gasteiger partial charge on any atom is 0.265 e. The van der Waals surface area contributed by atoms with Crippen molar-refractivity contribution in [2.24, 2.45) is 0 Å². The first-order valence-electron chi connectivity index (χ1n) is 5.74. The number of benzene rings is 1. The van der Waals surface area contributed by atoms with Crippen LogP contribution in [0.4, 0.5) is 0 Å². The Bertz CT molecular complexity index is 529. The zero-order valence-electron chi connectivity index (χ0n) is 9.95. The Balaban J connectivity index is 2.39. The molecule has 1 aromatic carbocycles. The first-order valence-corrected chi connectivity index (χ1v) is 5.74. The molecule has 18 heavy (non-hydrogen) atoms. The van der Waals surface area contributed by atoms with Gasteiger partial charge in [0, 0.05) is 11.5 Å². The van der Waals surface area contributed by atoms with Crippen LogP contribution in [0, 0.1) is 17.0 Å². The smallest absolute Gasteiger partial charge is 0.258 e. The zero-order valence-corrected chi connectivity index (χ0v) is 9.95. The third kappa shape index (κ3) is 2.25. The largest absolute Gasteiger partial charge is 0.265 e. The van der Waals surface area contributed by atoms with Crippen LogP contribution in [0.3, 0.4) is 0 Å². The van der Waals surface area contributed by atoms with Crippen molar-refractivity contribution in [3.63, 3.8) is 0 Å². The van der Waals surface area contributed by atoms with E-state index in [0.717, 1.165) is 5.56 Å². The fourth-order valence-corrected chi connectivity index (χ4v) is 2.17. The number of nitrogens with zero attached hydrogens (tertiary/aromatic N) is 1. The second-order valence-corrected chi connectivity index (χ2v) is 4.23. The first-order chi connectivity index (χ1) is 8.68. The van der Waals surface area contributed by atoms with Crippen LogP contribution >= 0.6 is 0 Å². The van der Waals surface area contributed by atoms with E-state index in [2.05, 4.69) is 6.92 Å². The summed E-state index contributed by atoms with van der Waals surface area (Å²) in [5.41, 5.74) is 0.946. The number of allylic oxidation sites excluding steroid dienone is 5. The lowest BCUT2D eigenvalue weighted by Crippen LogP contribution is -2.22. The van der Waals surface area contributed by atoms with Gasteiger partial charge in [-0.2, -0.15) is 0 Å². The summed E-state index contributed by atoms with van der Waals surface area (Å²) in [6.45, 7) is 3.74. The molecule has 1 aromatic rings. The van der Waals surface area contributed by atoms with Crippen LogP contribution in [0.1, 0.15) is 12.0 Å². The molecule has 1 atom stereocenters. The zero-order chi connectivity index (χ0) is 13.0. The summed E-state index contributed by atoms with van der Waals surface area (Å²) < 4.78 is 0. The van der Waals surface area contributed by atoms with E-state index >= 15 is 0 Å². The molecule has 2 rings (SSSR count). The highest BCUT2D eigenvalue weighted by Gasteiger charge is 2.29. The Morgan fingerprint density at radius 1 is 1.33 bits per heavy atom. The third-order valence-electron chi connectivity index (χ3n) is 3.14. The van der Waals surface area contributed by atoms with Gasteiger partial charge in [0.2, 0.25) is 0 Å². The molecule has 0 saturated carbocycles. The molecule has 0 spiro atoms. The highest BCUT2D eigenvalue weighted by Crippen LogP contribution is 2.35. The summed E-state index contributed by atoms with van der Waals surface area (Å²) >= 11 is 0. The molecule has 0 aliphatic heterocycles. The molecular formula is C15H14NO2. The quantitative estimate of drug-likeness (QED) is 0.600. The van der Waals surface area contributed by atoms with Crippen LogP contribution in [0.15, 0.2) is 66.4 Å². The predicted molar refractivity (Wildman–Crippen MR) is 71.5 cm³/mol. The van der Waals surface area contributed by atoms with Crippen LogP contribution in [-0.2, 0) is 5.41 Å². The second kappa shape index (κ2) is 5.00. The second-order valence-electron chi connectivity index (χ2n) is 4.23. The van der Waals surface area contributed by atoms with Gasteiger partial charge in [0.25, 0.3) is 5.70 Å². The van der Waals surface area contributed by atoms with Gasteiger partial charge in [0.1, 0.15) is 0 Å². The molecule has 3 heteroatoms. The Morgan fingerprint density at radius 2 is 2.06 bits per heavy atom. The van der Waals surface area contributed by atoms with Crippen LogP contribution in [0.2, 0.25) is 0 Å². The highest BCUT2D eigenvalue weighted by molar-refractivity contribution is 5.42. The predicted octanol–water partition coefficient (Wildman–Crippen LogP) is 3.44. The number of nitro groups is 1. The molecule has 0 N–H and O–H groups in total. The first kappa shape index (κ1) is 12.3. The summed E-state index contributed by atoms with van der Waals surface area (Å²) in [7, 11) is 0. The minimum atomic E-state index is -0.362. The molecule has 0 bridgehead atoms. The normalized spacial score (nSPS) is 23.1. The van der Waals surface area contributed by atoms with Gasteiger partial charge in [0.15, 0.2) is 0 Å². The van der Waals surface area contributed by atoms with E-state index in [1.807, 2.05) is 42.5 Å². The van der Waals surface area contributed by atoms with Crippen molar-refractivity contribution >= 4 is 0 Å². The molecule has 0 aromatic heterocycles. The summed E-state index contributed by atoms with van der Waals surface area (Å²) in [5, 5.41) is 10.7. The van der Waals surface area contributed by atoms with E-state index in [1.54, 1.807) is 18.2 Å². The van der Waals surface area contributed by atoms with Crippen LogP contribution in [0.25, 0.3) is 0 Å². The summed E-state index contributed by atoms with van der Waals surface area (Å²) in [5.74, 6) is 0. The molecule has 0 heterocycles. The SMILES string of the molecule is [CH2]/C=C/C1(c2ccccc2)C=CC([N+](=O)[O-])=CC1. The lowest BCUT2D eigenvalue weighted by molar-refractivity contribution is -0.419. The van der Waals surface area contributed by atoms with Crippen molar-refractivity contribution in [2.45, 2.75) is 11.8 Å². The molecule has 1 aliphatic carbocycles. The lowest BCUT2D eigenvalue weighted by Gasteiger charge is -2.28. The molecule has 0 fully saturated rings. The molecule has 0 amide bonds. The molecule has 1 radical (unpaired) electrons. The summed E-state index contributed by atoms with van der Waals surface area (Å²) in [4.78, 5) is 10.4. The van der Waals surface area contributed by atoms with Crippen molar-refractivity contribution in [3.8, 4) is 0 Å². The van der Waals surface area contributed by atoms with Crippen molar-refractivity contribution in [3.05, 3.63) is 89.0 Å². The van der Waals surface area contributed by atoms with Gasteiger partial charge in [0.05, 0.1) is 4.92 Å².